The number of carbonyl (C=O) groups is 1. The first kappa shape index (κ1) is 16.4. The van der Waals surface area contributed by atoms with Gasteiger partial charge in [0.25, 0.3) is 5.91 Å². The van der Waals surface area contributed by atoms with Crippen molar-refractivity contribution in [1.29, 1.82) is 0 Å². The van der Waals surface area contributed by atoms with Crippen LogP contribution in [0.2, 0.25) is 0 Å². The first-order valence-corrected chi connectivity index (χ1v) is 8.89. The molecule has 0 saturated heterocycles. The molecule has 6 nitrogen and oxygen atoms in total. The van der Waals surface area contributed by atoms with Crippen molar-refractivity contribution in [2.75, 3.05) is 13.2 Å². The predicted octanol–water partition coefficient (Wildman–Crippen LogP) is 1.90. The molecule has 1 atom stereocenters. The van der Waals surface area contributed by atoms with Crippen LogP contribution in [0.1, 0.15) is 39.5 Å². The Labute approximate surface area is 152 Å². The number of benzene rings is 2. The number of fused-ring (bicyclic) bond motifs is 2. The van der Waals surface area contributed by atoms with E-state index in [1.165, 1.54) is 0 Å². The second-order valence-corrected chi connectivity index (χ2v) is 6.57. The monoisotopic (exact) mass is 350 g/mol. The number of hydrogen-bond donors (Lipinski definition) is 3. The van der Waals surface area contributed by atoms with Crippen LogP contribution in [0.25, 0.3) is 0 Å². The highest BCUT2D eigenvalue weighted by molar-refractivity contribution is 5.96. The number of guanidine groups is 1. The Hall–Kier alpha value is -3.02. The standard InChI is InChI=1S/C20H22N4O2/c21-20(24-17-8-10-26-18-4-2-1-3-15(17)18)23-12-13-5-6-14-7-9-22-19(25)16(14)11-13/h1-6,11,17H,7-10,12H2,(H,22,25)(H3,21,23,24). The predicted molar refractivity (Wildman–Crippen MR) is 100 cm³/mol. The van der Waals surface area contributed by atoms with Gasteiger partial charge in [-0.3, -0.25) is 4.79 Å². The van der Waals surface area contributed by atoms with Gasteiger partial charge >= 0.3 is 0 Å². The molecule has 4 N–H and O–H groups in total. The summed E-state index contributed by atoms with van der Waals surface area (Å²) in [4.78, 5) is 16.4. The zero-order valence-electron chi connectivity index (χ0n) is 14.5. The van der Waals surface area contributed by atoms with Crippen LogP contribution in [0, 0.1) is 0 Å². The lowest BCUT2D eigenvalue weighted by Crippen LogP contribution is -2.37. The molecular formula is C20H22N4O2. The Morgan fingerprint density at radius 2 is 2.19 bits per heavy atom. The molecule has 0 saturated carbocycles. The minimum absolute atomic E-state index is 0.0120. The van der Waals surface area contributed by atoms with Gasteiger partial charge in [-0.25, -0.2) is 4.99 Å². The molecule has 2 aromatic carbocycles. The molecule has 0 aromatic heterocycles. The fourth-order valence-corrected chi connectivity index (χ4v) is 3.45. The van der Waals surface area contributed by atoms with Crippen molar-refractivity contribution in [2.45, 2.75) is 25.4 Å². The van der Waals surface area contributed by atoms with Crippen LogP contribution >= 0.6 is 0 Å². The molecule has 2 heterocycles. The lowest BCUT2D eigenvalue weighted by atomic mass is 9.98. The molecule has 2 aromatic rings. The van der Waals surface area contributed by atoms with Gasteiger partial charge in [0.2, 0.25) is 0 Å². The molecule has 0 fully saturated rings. The van der Waals surface area contributed by atoms with Gasteiger partial charge in [-0.05, 0) is 29.7 Å². The molecule has 0 radical (unpaired) electrons. The molecule has 2 aliphatic rings. The van der Waals surface area contributed by atoms with E-state index in [4.69, 9.17) is 10.5 Å². The second kappa shape index (κ2) is 7.07. The number of amides is 1. The number of rotatable bonds is 3. The Balaban J connectivity index is 1.45. The molecule has 2 aliphatic heterocycles. The highest BCUT2D eigenvalue weighted by Gasteiger charge is 2.21. The van der Waals surface area contributed by atoms with Gasteiger partial charge < -0.3 is 21.1 Å². The number of hydrogen-bond acceptors (Lipinski definition) is 3. The van der Waals surface area contributed by atoms with Gasteiger partial charge in [-0.15, -0.1) is 0 Å². The van der Waals surface area contributed by atoms with E-state index in [0.29, 0.717) is 25.7 Å². The summed E-state index contributed by atoms with van der Waals surface area (Å²) in [5, 5.41) is 6.16. The topological polar surface area (TPSA) is 88.7 Å². The lowest BCUT2D eigenvalue weighted by molar-refractivity contribution is 0.0946. The average Bonchev–Trinajstić information content (AvgIpc) is 2.67. The Bertz CT molecular complexity index is 863. The van der Waals surface area contributed by atoms with Gasteiger partial charge in [-0.1, -0.05) is 30.3 Å². The van der Waals surface area contributed by atoms with Crippen molar-refractivity contribution in [3.63, 3.8) is 0 Å². The number of nitrogens with zero attached hydrogens (tertiary/aromatic N) is 1. The number of para-hydroxylation sites is 1. The van der Waals surface area contributed by atoms with E-state index in [1.54, 1.807) is 0 Å². The number of carbonyl (C=O) groups excluding carboxylic acids is 1. The van der Waals surface area contributed by atoms with Crippen molar-refractivity contribution >= 4 is 11.9 Å². The van der Waals surface area contributed by atoms with Gasteiger partial charge in [0.05, 0.1) is 19.2 Å². The lowest BCUT2D eigenvalue weighted by Gasteiger charge is -2.26. The summed E-state index contributed by atoms with van der Waals surface area (Å²) < 4.78 is 5.67. The van der Waals surface area contributed by atoms with Crippen molar-refractivity contribution in [3.05, 3.63) is 64.7 Å². The van der Waals surface area contributed by atoms with Crippen LogP contribution in [0.15, 0.2) is 47.5 Å². The van der Waals surface area contributed by atoms with E-state index in [-0.39, 0.29) is 11.9 Å². The van der Waals surface area contributed by atoms with Gasteiger partial charge in [0.15, 0.2) is 5.96 Å². The molecular weight excluding hydrogens is 328 g/mol. The third kappa shape index (κ3) is 3.35. The summed E-state index contributed by atoms with van der Waals surface area (Å²) in [6.45, 7) is 1.79. The number of ether oxygens (including phenoxy) is 1. The summed E-state index contributed by atoms with van der Waals surface area (Å²) in [6, 6.07) is 14.0. The van der Waals surface area contributed by atoms with Crippen LogP contribution in [0.3, 0.4) is 0 Å². The first-order valence-electron chi connectivity index (χ1n) is 8.89. The summed E-state index contributed by atoms with van der Waals surface area (Å²) in [7, 11) is 0. The highest BCUT2D eigenvalue weighted by Crippen LogP contribution is 2.31. The average molecular weight is 350 g/mol. The highest BCUT2D eigenvalue weighted by atomic mass is 16.5. The molecule has 0 aliphatic carbocycles. The quantitative estimate of drug-likeness (QED) is 0.583. The minimum Gasteiger partial charge on any atom is -0.493 e. The summed E-state index contributed by atoms with van der Waals surface area (Å²) in [6.07, 6.45) is 1.71. The molecule has 0 bridgehead atoms. The van der Waals surface area contributed by atoms with Crippen molar-refractivity contribution in [1.82, 2.24) is 10.6 Å². The van der Waals surface area contributed by atoms with Crippen LogP contribution < -0.4 is 21.1 Å². The smallest absolute Gasteiger partial charge is 0.251 e. The Morgan fingerprint density at radius 3 is 3.12 bits per heavy atom. The summed E-state index contributed by atoms with van der Waals surface area (Å²) in [5.74, 6) is 1.28. The van der Waals surface area contributed by atoms with Gasteiger partial charge in [0.1, 0.15) is 5.75 Å². The van der Waals surface area contributed by atoms with Crippen molar-refractivity contribution < 1.29 is 9.53 Å². The molecule has 4 rings (SSSR count). The largest absolute Gasteiger partial charge is 0.493 e. The molecule has 0 spiro atoms. The molecule has 1 amide bonds. The minimum atomic E-state index is -0.0120. The van der Waals surface area contributed by atoms with E-state index in [1.807, 2.05) is 42.5 Å². The van der Waals surface area contributed by atoms with Crippen LogP contribution in [0.5, 0.6) is 5.75 Å². The van der Waals surface area contributed by atoms with E-state index >= 15 is 0 Å². The number of nitrogens with two attached hydrogens (primary N) is 1. The molecule has 6 heteroatoms. The molecule has 1 unspecified atom stereocenters. The van der Waals surface area contributed by atoms with Gasteiger partial charge in [-0.2, -0.15) is 0 Å². The van der Waals surface area contributed by atoms with Crippen LogP contribution in [-0.4, -0.2) is 25.0 Å². The van der Waals surface area contributed by atoms with Gasteiger partial charge in [0, 0.05) is 24.1 Å². The maximum Gasteiger partial charge on any atom is 0.251 e. The fraction of sp³-hybridized carbons (Fsp3) is 0.300. The maximum absolute atomic E-state index is 12.0. The molecule has 134 valence electrons. The third-order valence-corrected chi connectivity index (χ3v) is 4.81. The number of nitrogens with one attached hydrogen (secondary N) is 2. The SMILES string of the molecule is NC(=NCc1ccc2c(c1)C(=O)NCC2)NC1CCOc2ccccc21. The van der Waals surface area contributed by atoms with Crippen molar-refractivity contribution in [3.8, 4) is 5.75 Å². The Kier molecular flexibility index (Phi) is 4.48. The normalized spacial score (nSPS) is 19.0. The van der Waals surface area contributed by atoms with E-state index < -0.39 is 0 Å². The second-order valence-electron chi connectivity index (χ2n) is 6.57. The van der Waals surface area contributed by atoms with Crippen LogP contribution in [0.4, 0.5) is 0 Å². The van der Waals surface area contributed by atoms with Crippen LogP contribution in [-0.2, 0) is 13.0 Å². The van der Waals surface area contributed by atoms with Crippen molar-refractivity contribution in [2.24, 2.45) is 10.7 Å². The Morgan fingerprint density at radius 1 is 1.31 bits per heavy atom. The van der Waals surface area contributed by atoms with E-state index in [9.17, 15) is 4.79 Å². The number of aliphatic imine (C=N–C) groups is 1. The van der Waals surface area contributed by atoms with E-state index in [2.05, 4.69) is 15.6 Å². The first-order chi connectivity index (χ1) is 12.7. The third-order valence-electron chi connectivity index (χ3n) is 4.81. The zero-order chi connectivity index (χ0) is 17.9. The zero-order valence-corrected chi connectivity index (χ0v) is 14.5. The fourth-order valence-electron chi connectivity index (χ4n) is 3.45. The van der Waals surface area contributed by atoms with E-state index in [0.717, 1.165) is 40.8 Å². The molecule has 26 heavy (non-hydrogen) atoms. The summed E-state index contributed by atoms with van der Waals surface area (Å²) in [5.41, 5.74) is 10.00. The summed E-state index contributed by atoms with van der Waals surface area (Å²) >= 11 is 0. The maximum atomic E-state index is 12.0.